The summed E-state index contributed by atoms with van der Waals surface area (Å²) in [4.78, 5) is 17.5. The van der Waals surface area contributed by atoms with Crippen molar-refractivity contribution in [2.45, 2.75) is 13.5 Å². The van der Waals surface area contributed by atoms with Crippen molar-refractivity contribution in [3.63, 3.8) is 0 Å². The predicted octanol–water partition coefficient (Wildman–Crippen LogP) is 2.40. The van der Waals surface area contributed by atoms with E-state index < -0.39 is 0 Å². The molecule has 0 saturated heterocycles. The molecule has 0 bridgehead atoms. The molecule has 22 heavy (non-hydrogen) atoms. The molecular weight excluding hydrogens is 308 g/mol. The molecule has 116 valence electrons. The summed E-state index contributed by atoms with van der Waals surface area (Å²) in [5.74, 6) is 0.748. The minimum Gasteiger partial charge on any atom is -0.481 e. The van der Waals surface area contributed by atoms with Crippen molar-refractivity contribution >= 4 is 17.8 Å². The van der Waals surface area contributed by atoms with Crippen LogP contribution in [0.1, 0.15) is 17.0 Å². The van der Waals surface area contributed by atoms with Gasteiger partial charge in [0.1, 0.15) is 11.9 Å². The van der Waals surface area contributed by atoms with Crippen LogP contribution in [0.5, 0.6) is 11.8 Å². The Hall–Kier alpha value is -2.41. The number of aryl methyl sites for hydroxylation is 1. The fraction of sp³-hybridized carbons (Fsp3) is 0.286. The zero-order valence-electron chi connectivity index (χ0n) is 12.4. The summed E-state index contributed by atoms with van der Waals surface area (Å²) in [6.45, 7) is 1.95. The Morgan fingerprint density at radius 3 is 2.45 bits per heavy atom. The van der Waals surface area contributed by atoms with Crippen LogP contribution in [-0.4, -0.2) is 35.4 Å². The third-order valence-electron chi connectivity index (χ3n) is 2.66. The van der Waals surface area contributed by atoms with Crippen LogP contribution in [0.15, 0.2) is 23.6 Å². The zero-order chi connectivity index (χ0) is 15.9. The van der Waals surface area contributed by atoms with Gasteiger partial charge in [-0.2, -0.15) is 0 Å². The van der Waals surface area contributed by atoms with Crippen molar-refractivity contribution in [1.82, 2.24) is 15.0 Å². The molecule has 0 fully saturated rings. The van der Waals surface area contributed by atoms with E-state index in [1.165, 1.54) is 26.8 Å². The Labute approximate surface area is 132 Å². The van der Waals surface area contributed by atoms with Crippen LogP contribution in [0.2, 0.25) is 5.02 Å². The van der Waals surface area contributed by atoms with Gasteiger partial charge in [-0.25, -0.2) is 9.97 Å². The first-order valence-electron chi connectivity index (χ1n) is 6.35. The Morgan fingerprint density at radius 2 is 1.86 bits per heavy atom. The Bertz CT molecular complexity index is 637. The number of halogens is 1. The highest BCUT2D eigenvalue weighted by molar-refractivity contribution is 6.30. The van der Waals surface area contributed by atoms with E-state index in [-0.39, 0.29) is 6.61 Å². The van der Waals surface area contributed by atoms with Gasteiger partial charge in [-0.15, -0.1) is 0 Å². The average molecular weight is 323 g/mol. The highest BCUT2D eigenvalue weighted by atomic mass is 35.5. The predicted molar refractivity (Wildman–Crippen MR) is 81.5 cm³/mol. The van der Waals surface area contributed by atoms with Crippen LogP contribution in [-0.2, 0) is 11.4 Å². The van der Waals surface area contributed by atoms with E-state index in [0.29, 0.717) is 28.0 Å². The lowest BCUT2D eigenvalue weighted by Crippen LogP contribution is -2.02. The number of methoxy groups -OCH3 is 2. The van der Waals surface area contributed by atoms with E-state index in [9.17, 15) is 0 Å². The molecule has 2 rings (SSSR count). The number of pyridine rings is 1. The van der Waals surface area contributed by atoms with E-state index in [1.807, 2.05) is 6.92 Å². The van der Waals surface area contributed by atoms with Gasteiger partial charge < -0.3 is 14.3 Å². The molecule has 2 aromatic heterocycles. The summed E-state index contributed by atoms with van der Waals surface area (Å²) >= 11 is 5.95. The SMILES string of the molecule is COc1ncnc(OC)c1CON=Cc1cc(Cl)cc(C)n1. The summed E-state index contributed by atoms with van der Waals surface area (Å²) in [5, 5.41) is 4.45. The van der Waals surface area contributed by atoms with Crippen molar-refractivity contribution in [2.24, 2.45) is 5.16 Å². The molecule has 0 radical (unpaired) electrons. The second-order valence-corrected chi connectivity index (χ2v) is 4.67. The highest BCUT2D eigenvalue weighted by Gasteiger charge is 2.13. The number of oxime groups is 1. The van der Waals surface area contributed by atoms with Crippen LogP contribution in [0, 0.1) is 6.92 Å². The van der Waals surface area contributed by atoms with Crippen LogP contribution >= 0.6 is 11.6 Å². The quantitative estimate of drug-likeness (QED) is 0.600. The largest absolute Gasteiger partial charge is 0.481 e. The van der Waals surface area contributed by atoms with Crippen LogP contribution in [0.3, 0.4) is 0 Å². The van der Waals surface area contributed by atoms with E-state index in [2.05, 4.69) is 20.1 Å². The average Bonchev–Trinajstić information content (AvgIpc) is 2.50. The van der Waals surface area contributed by atoms with E-state index >= 15 is 0 Å². The van der Waals surface area contributed by atoms with E-state index in [0.717, 1.165) is 5.69 Å². The summed E-state index contributed by atoms with van der Waals surface area (Å²) < 4.78 is 10.3. The summed E-state index contributed by atoms with van der Waals surface area (Å²) in [5.41, 5.74) is 1.97. The normalized spacial score (nSPS) is 10.7. The molecule has 0 aliphatic heterocycles. The highest BCUT2D eigenvalue weighted by Crippen LogP contribution is 2.24. The van der Waals surface area contributed by atoms with Gasteiger partial charge in [0.2, 0.25) is 11.8 Å². The van der Waals surface area contributed by atoms with Gasteiger partial charge in [0.25, 0.3) is 0 Å². The fourth-order valence-corrected chi connectivity index (χ4v) is 2.04. The minimum absolute atomic E-state index is 0.100. The summed E-state index contributed by atoms with van der Waals surface area (Å²) in [7, 11) is 3.01. The molecule has 0 atom stereocenters. The van der Waals surface area contributed by atoms with E-state index in [1.54, 1.807) is 12.1 Å². The van der Waals surface area contributed by atoms with Gasteiger partial charge in [-0.05, 0) is 19.1 Å². The molecule has 2 heterocycles. The van der Waals surface area contributed by atoms with Crippen molar-refractivity contribution in [2.75, 3.05) is 14.2 Å². The van der Waals surface area contributed by atoms with Crippen LogP contribution < -0.4 is 9.47 Å². The standard InChI is InChI=1S/C14H15ClN4O3/c1-9-4-10(15)5-11(19-9)6-18-22-7-12-13(20-2)16-8-17-14(12)21-3/h4-6,8H,7H2,1-3H3. The molecule has 0 saturated carbocycles. The minimum atomic E-state index is 0.100. The molecular formula is C14H15ClN4O3. The molecule has 2 aromatic rings. The fourth-order valence-electron chi connectivity index (χ4n) is 1.77. The van der Waals surface area contributed by atoms with Gasteiger partial charge >= 0.3 is 0 Å². The number of aromatic nitrogens is 3. The topological polar surface area (TPSA) is 78.7 Å². The maximum absolute atomic E-state index is 5.95. The molecule has 0 unspecified atom stereocenters. The van der Waals surface area contributed by atoms with Gasteiger partial charge in [0.15, 0.2) is 6.61 Å². The van der Waals surface area contributed by atoms with Crippen molar-refractivity contribution in [1.29, 1.82) is 0 Å². The maximum atomic E-state index is 5.95. The van der Waals surface area contributed by atoms with Gasteiger partial charge in [-0.3, -0.25) is 4.98 Å². The Kier molecular flexibility index (Phi) is 5.48. The second-order valence-electron chi connectivity index (χ2n) is 4.23. The van der Waals surface area contributed by atoms with Crippen molar-refractivity contribution in [3.05, 3.63) is 40.4 Å². The first kappa shape index (κ1) is 16.0. The number of nitrogens with zero attached hydrogens (tertiary/aromatic N) is 4. The Morgan fingerprint density at radius 1 is 1.18 bits per heavy atom. The van der Waals surface area contributed by atoms with Crippen molar-refractivity contribution in [3.8, 4) is 11.8 Å². The molecule has 7 nitrogen and oxygen atoms in total. The molecule has 0 spiro atoms. The lowest BCUT2D eigenvalue weighted by molar-refractivity contribution is 0.126. The van der Waals surface area contributed by atoms with Gasteiger partial charge in [0.05, 0.1) is 26.1 Å². The molecule has 0 amide bonds. The molecule has 8 heteroatoms. The number of hydrogen-bond acceptors (Lipinski definition) is 7. The zero-order valence-corrected chi connectivity index (χ0v) is 13.2. The van der Waals surface area contributed by atoms with Gasteiger partial charge in [-0.1, -0.05) is 16.8 Å². The lowest BCUT2D eigenvalue weighted by Gasteiger charge is -2.09. The van der Waals surface area contributed by atoms with Gasteiger partial charge in [0, 0.05) is 10.7 Å². The third-order valence-corrected chi connectivity index (χ3v) is 2.88. The van der Waals surface area contributed by atoms with Crippen LogP contribution in [0.25, 0.3) is 0 Å². The maximum Gasteiger partial charge on any atom is 0.226 e. The molecule has 0 aliphatic rings. The smallest absolute Gasteiger partial charge is 0.226 e. The third kappa shape index (κ3) is 4.05. The molecule has 0 aromatic carbocycles. The number of hydrogen-bond donors (Lipinski definition) is 0. The molecule has 0 N–H and O–H groups in total. The Balaban J connectivity index is 2.06. The van der Waals surface area contributed by atoms with Crippen molar-refractivity contribution < 1.29 is 14.3 Å². The van der Waals surface area contributed by atoms with Crippen LogP contribution in [0.4, 0.5) is 0 Å². The molecule has 0 aliphatic carbocycles. The lowest BCUT2D eigenvalue weighted by atomic mass is 10.3. The number of ether oxygens (including phenoxy) is 2. The first-order chi connectivity index (χ1) is 10.6. The summed E-state index contributed by atoms with van der Waals surface area (Å²) in [6.07, 6.45) is 2.82. The summed E-state index contributed by atoms with van der Waals surface area (Å²) in [6, 6.07) is 3.45. The first-order valence-corrected chi connectivity index (χ1v) is 6.73. The monoisotopic (exact) mass is 322 g/mol. The second kappa shape index (κ2) is 7.56. The van der Waals surface area contributed by atoms with E-state index in [4.69, 9.17) is 25.9 Å². The number of rotatable bonds is 6.